The minimum Gasteiger partial charge on any atom is -0.452 e. The van der Waals surface area contributed by atoms with Gasteiger partial charge in [-0.05, 0) is 30.3 Å². The SMILES string of the molecule is CN1C(=O)c2ccc(NC(=O)COC(=O)c3cc(F)cc(F)c3)cc2C1=O. The molecule has 1 aliphatic rings. The van der Waals surface area contributed by atoms with Gasteiger partial charge >= 0.3 is 5.97 Å². The molecule has 1 heterocycles. The van der Waals surface area contributed by atoms with Crippen molar-refractivity contribution in [2.45, 2.75) is 0 Å². The van der Waals surface area contributed by atoms with E-state index in [1.165, 1.54) is 25.2 Å². The lowest BCUT2D eigenvalue weighted by Gasteiger charge is -2.07. The van der Waals surface area contributed by atoms with Gasteiger partial charge in [-0.3, -0.25) is 19.3 Å². The summed E-state index contributed by atoms with van der Waals surface area (Å²) < 4.78 is 30.9. The van der Waals surface area contributed by atoms with E-state index in [4.69, 9.17) is 4.74 Å². The summed E-state index contributed by atoms with van der Waals surface area (Å²) in [5, 5.41) is 2.41. The highest BCUT2D eigenvalue weighted by Crippen LogP contribution is 2.24. The first-order chi connectivity index (χ1) is 12.8. The number of hydrogen-bond donors (Lipinski definition) is 1. The molecular weight excluding hydrogens is 362 g/mol. The Morgan fingerprint density at radius 1 is 1.00 bits per heavy atom. The van der Waals surface area contributed by atoms with Crippen LogP contribution in [0.3, 0.4) is 0 Å². The van der Waals surface area contributed by atoms with Crippen LogP contribution in [-0.2, 0) is 9.53 Å². The van der Waals surface area contributed by atoms with Crippen LogP contribution >= 0.6 is 0 Å². The fourth-order valence-electron chi connectivity index (χ4n) is 2.52. The third kappa shape index (κ3) is 3.66. The second-order valence-corrected chi connectivity index (χ2v) is 5.71. The number of imide groups is 1. The Balaban J connectivity index is 1.63. The average Bonchev–Trinajstić information content (AvgIpc) is 2.83. The maximum Gasteiger partial charge on any atom is 0.338 e. The Bertz CT molecular complexity index is 969. The van der Waals surface area contributed by atoms with E-state index in [9.17, 15) is 28.0 Å². The minimum absolute atomic E-state index is 0.146. The van der Waals surface area contributed by atoms with Crippen LogP contribution in [0.5, 0.6) is 0 Å². The van der Waals surface area contributed by atoms with Crippen LogP contribution in [0, 0.1) is 11.6 Å². The van der Waals surface area contributed by atoms with Gasteiger partial charge in [0.15, 0.2) is 6.61 Å². The Morgan fingerprint density at radius 3 is 2.30 bits per heavy atom. The fraction of sp³-hybridized carbons (Fsp3) is 0.111. The van der Waals surface area contributed by atoms with E-state index in [0.717, 1.165) is 17.0 Å². The monoisotopic (exact) mass is 374 g/mol. The van der Waals surface area contributed by atoms with Gasteiger partial charge in [0.2, 0.25) is 0 Å². The summed E-state index contributed by atoms with van der Waals surface area (Å²) in [5.41, 5.74) is 0.223. The summed E-state index contributed by atoms with van der Waals surface area (Å²) in [4.78, 5) is 48.3. The number of nitrogens with zero attached hydrogens (tertiary/aromatic N) is 1. The molecule has 0 saturated carbocycles. The van der Waals surface area contributed by atoms with E-state index in [0.29, 0.717) is 6.07 Å². The first kappa shape index (κ1) is 18.2. The number of nitrogens with one attached hydrogen (secondary N) is 1. The van der Waals surface area contributed by atoms with Crippen molar-refractivity contribution >= 4 is 29.4 Å². The van der Waals surface area contributed by atoms with E-state index in [1.807, 2.05) is 0 Å². The molecule has 2 aromatic rings. The molecule has 3 amide bonds. The van der Waals surface area contributed by atoms with Crippen molar-refractivity contribution in [3.8, 4) is 0 Å². The number of carbonyl (C=O) groups excluding carboxylic acids is 4. The number of benzene rings is 2. The highest BCUT2D eigenvalue weighted by Gasteiger charge is 2.32. The lowest BCUT2D eigenvalue weighted by atomic mass is 10.1. The van der Waals surface area contributed by atoms with Gasteiger partial charge in [-0.25, -0.2) is 13.6 Å². The molecule has 0 aliphatic carbocycles. The number of carbonyl (C=O) groups is 4. The van der Waals surface area contributed by atoms with Gasteiger partial charge in [-0.2, -0.15) is 0 Å². The predicted molar refractivity (Wildman–Crippen MR) is 88.1 cm³/mol. The zero-order valence-corrected chi connectivity index (χ0v) is 13.9. The molecule has 2 aromatic carbocycles. The Hall–Kier alpha value is -3.62. The van der Waals surface area contributed by atoms with Gasteiger partial charge in [-0.1, -0.05) is 0 Å². The normalized spacial score (nSPS) is 12.8. The molecule has 0 spiro atoms. The molecule has 9 heteroatoms. The van der Waals surface area contributed by atoms with Crippen LogP contribution < -0.4 is 5.32 Å². The fourth-order valence-corrected chi connectivity index (χ4v) is 2.52. The Labute approximate surface area is 151 Å². The largest absolute Gasteiger partial charge is 0.452 e. The third-order valence-corrected chi connectivity index (χ3v) is 3.81. The molecule has 7 nitrogen and oxygen atoms in total. The van der Waals surface area contributed by atoms with Gasteiger partial charge < -0.3 is 10.1 Å². The second-order valence-electron chi connectivity index (χ2n) is 5.71. The summed E-state index contributed by atoms with van der Waals surface area (Å²) >= 11 is 0. The van der Waals surface area contributed by atoms with Crippen molar-refractivity contribution in [2.24, 2.45) is 0 Å². The molecule has 0 saturated heterocycles. The van der Waals surface area contributed by atoms with E-state index >= 15 is 0 Å². The number of esters is 1. The van der Waals surface area contributed by atoms with Crippen LogP contribution in [0.25, 0.3) is 0 Å². The molecule has 0 bridgehead atoms. The van der Waals surface area contributed by atoms with Crippen LogP contribution in [-0.4, -0.2) is 42.2 Å². The summed E-state index contributed by atoms with van der Waals surface area (Å²) in [5.74, 6) is -4.64. The molecule has 138 valence electrons. The number of halogens is 2. The smallest absolute Gasteiger partial charge is 0.338 e. The van der Waals surface area contributed by atoms with Gasteiger partial charge in [0.1, 0.15) is 11.6 Å². The van der Waals surface area contributed by atoms with Gasteiger partial charge in [0.05, 0.1) is 16.7 Å². The summed E-state index contributed by atoms with van der Waals surface area (Å²) in [7, 11) is 1.34. The van der Waals surface area contributed by atoms with E-state index in [2.05, 4.69) is 5.32 Å². The van der Waals surface area contributed by atoms with Crippen molar-refractivity contribution in [3.05, 3.63) is 64.7 Å². The number of hydrogen-bond acceptors (Lipinski definition) is 5. The molecule has 1 N–H and O–H groups in total. The van der Waals surface area contributed by atoms with E-state index in [1.54, 1.807) is 0 Å². The second kappa shape index (κ2) is 6.94. The van der Waals surface area contributed by atoms with E-state index in [-0.39, 0.29) is 22.4 Å². The van der Waals surface area contributed by atoms with Crippen LogP contribution in [0.2, 0.25) is 0 Å². The molecule has 0 aromatic heterocycles. The molecule has 0 atom stereocenters. The van der Waals surface area contributed by atoms with Gasteiger partial charge in [0, 0.05) is 18.8 Å². The molecule has 27 heavy (non-hydrogen) atoms. The lowest BCUT2D eigenvalue weighted by molar-refractivity contribution is -0.119. The molecule has 0 radical (unpaired) electrons. The van der Waals surface area contributed by atoms with Gasteiger partial charge in [0.25, 0.3) is 17.7 Å². The summed E-state index contributed by atoms with van der Waals surface area (Å²) in [6, 6.07) is 6.31. The number of amides is 3. The highest BCUT2D eigenvalue weighted by molar-refractivity contribution is 6.21. The zero-order valence-electron chi connectivity index (χ0n) is 13.9. The predicted octanol–water partition coefficient (Wildman–Crippen LogP) is 1.99. The topological polar surface area (TPSA) is 92.8 Å². The quantitative estimate of drug-likeness (QED) is 0.653. The molecule has 3 rings (SSSR count). The number of fused-ring (bicyclic) bond motifs is 1. The molecule has 0 unspecified atom stereocenters. The van der Waals surface area contributed by atoms with Crippen molar-refractivity contribution < 1.29 is 32.7 Å². The van der Waals surface area contributed by atoms with Crippen molar-refractivity contribution in [1.82, 2.24) is 4.90 Å². The van der Waals surface area contributed by atoms with Crippen LogP contribution in [0.1, 0.15) is 31.1 Å². The zero-order chi connectivity index (χ0) is 19.7. The van der Waals surface area contributed by atoms with Gasteiger partial charge in [-0.15, -0.1) is 0 Å². The molecule has 0 fully saturated rings. The Kier molecular flexibility index (Phi) is 4.68. The van der Waals surface area contributed by atoms with Crippen LogP contribution in [0.15, 0.2) is 36.4 Å². The number of anilines is 1. The van der Waals surface area contributed by atoms with Crippen molar-refractivity contribution in [2.75, 3.05) is 19.0 Å². The molecule has 1 aliphatic heterocycles. The average molecular weight is 374 g/mol. The Morgan fingerprint density at radius 2 is 1.63 bits per heavy atom. The van der Waals surface area contributed by atoms with Crippen molar-refractivity contribution in [1.29, 1.82) is 0 Å². The maximum absolute atomic E-state index is 13.1. The third-order valence-electron chi connectivity index (χ3n) is 3.81. The maximum atomic E-state index is 13.1. The summed E-state index contributed by atoms with van der Waals surface area (Å²) in [6.45, 7) is -0.708. The molecular formula is C18H12F2N2O5. The lowest BCUT2D eigenvalue weighted by Crippen LogP contribution is -2.24. The standard InChI is InChI=1S/C18H12F2N2O5/c1-22-16(24)13-3-2-12(7-14(13)17(22)25)21-15(23)8-27-18(26)9-4-10(19)6-11(20)5-9/h2-7H,8H2,1H3,(H,21,23). The van der Waals surface area contributed by atoms with E-state index < -0.39 is 41.9 Å². The number of rotatable bonds is 4. The first-order valence-corrected chi connectivity index (χ1v) is 7.66. The highest BCUT2D eigenvalue weighted by atomic mass is 19.1. The van der Waals surface area contributed by atoms with Crippen LogP contribution in [0.4, 0.5) is 14.5 Å². The first-order valence-electron chi connectivity index (χ1n) is 7.66. The van der Waals surface area contributed by atoms with Crippen molar-refractivity contribution in [3.63, 3.8) is 0 Å². The minimum atomic E-state index is -1.07. The summed E-state index contributed by atoms with van der Waals surface area (Å²) in [6.07, 6.45) is 0. The number of ether oxygens (including phenoxy) is 1.